The van der Waals surface area contributed by atoms with E-state index in [0.717, 1.165) is 27.4 Å². The second-order valence-corrected chi connectivity index (χ2v) is 8.06. The van der Waals surface area contributed by atoms with Gasteiger partial charge in [0.1, 0.15) is 6.04 Å². The van der Waals surface area contributed by atoms with E-state index in [1.807, 2.05) is 38.1 Å². The zero-order valence-electron chi connectivity index (χ0n) is 14.6. The number of carboxylic acids is 1. The SMILES string of the molecule is CCc1ccc(CC(C(=O)O)N(C)S(=O)(=O)c2ccc(C)cc2)cc1. The van der Waals surface area contributed by atoms with Crippen LogP contribution in [0.4, 0.5) is 0 Å². The van der Waals surface area contributed by atoms with E-state index >= 15 is 0 Å². The number of carboxylic acid groups (broad SMARTS) is 1. The molecule has 0 spiro atoms. The zero-order valence-corrected chi connectivity index (χ0v) is 15.5. The van der Waals surface area contributed by atoms with Crippen LogP contribution in [0.25, 0.3) is 0 Å². The van der Waals surface area contributed by atoms with Gasteiger partial charge in [-0.3, -0.25) is 4.79 Å². The summed E-state index contributed by atoms with van der Waals surface area (Å²) >= 11 is 0. The highest BCUT2D eigenvalue weighted by Gasteiger charge is 2.32. The van der Waals surface area contributed by atoms with E-state index in [4.69, 9.17) is 0 Å². The first kappa shape index (κ1) is 19.1. The molecule has 6 heteroatoms. The monoisotopic (exact) mass is 361 g/mol. The van der Waals surface area contributed by atoms with Crippen LogP contribution < -0.4 is 0 Å². The third-order valence-electron chi connectivity index (χ3n) is 4.28. The maximum atomic E-state index is 12.7. The maximum absolute atomic E-state index is 12.7. The fourth-order valence-electron chi connectivity index (χ4n) is 2.55. The third kappa shape index (κ3) is 4.46. The molecule has 5 nitrogen and oxygen atoms in total. The largest absolute Gasteiger partial charge is 0.480 e. The van der Waals surface area contributed by atoms with Crippen molar-refractivity contribution in [1.82, 2.24) is 4.31 Å². The molecule has 0 aliphatic rings. The fraction of sp³-hybridized carbons (Fsp3) is 0.316. The summed E-state index contributed by atoms with van der Waals surface area (Å²) in [5.41, 5.74) is 2.87. The number of hydrogen-bond acceptors (Lipinski definition) is 3. The molecule has 0 fully saturated rings. The lowest BCUT2D eigenvalue weighted by molar-refractivity contribution is -0.141. The van der Waals surface area contributed by atoms with Crippen molar-refractivity contribution in [2.24, 2.45) is 0 Å². The number of benzene rings is 2. The molecule has 0 aliphatic heterocycles. The van der Waals surface area contributed by atoms with E-state index in [9.17, 15) is 18.3 Å². The minimum atomic E-state index is -3.88. The average Bonchev–Trinajstić information content (AvgIpc) is 2.59. The van der Waals surface area contributed by atoms with Gasteiger partial charge in [0.15, 0.2) is 0 Å². The molecule has 134 valence electrons. The molecule has 0 saturated heterocycles. The van der Waals surface area contributed by atoms with E-state index in [2.05, 4.69) is 0 Å². The number of carbonyl (C=O) groups is 1. The van der Waals surface area contributed by atoms with Gasteiger partial charge in [-0.05, 0) is 43.0 Å². The molecule has 0 aromatic heterocycles. The molecule has 0 heterocycles. The number of sulfonamides is 1. The number of aryl methyl sites for hydroxylation is 2. The molecule has 2 rings (SSSR count). The Labute approximate surface area is 149 Å². The van der Waals surface area contributed by atoms with Gasteiger partial charge in [-0.2, -0.15) is 4.31 Å². The molecule has 0 aliphatic carbocycles. The predicted octanol–water partition coefficient (Wildman–Crippen LogP) is 2.87. The van der Waals surface area contributed by atoms with Gasteiger partial charge in [-0.15, -0.1) is 0 Å². The lowest BCUT2D eigenvalue weighted by Crippen LogP contribution is -2.43. The minimum Gasteiger partial charge on any atom is -0.480 e. The summed E-state index contributed by atoms with van der Waals surface area (Å²) < 4.78 is 26.4. The highest BCUT2D eigenvalue weighted by atomic mass is 32.2. The van der Waals surface area contributed by atoms with Crippen LogP contribution >= 0.6 is 0 Å². The Kier molecular flexibility index (Phi) is 5.98. The van der Waals surface area contributed by atoms with E-state index in [1.165, 1.54) is 19.2 Å². The summed E-state index contributed by atoms with van der Waals surface area (Å²) in [6.45, 7) is 3.90. The summed E-state index contributed by atoms with van der Waals surface area (Å²) in [5.74, 6) is -1.17. The highest BCUT2D eigenvalue weighted by Crippen LogP contribution is 2.20. The Morgan fingerprint density at radius 3 is 2.04 bits per heavy atom. The first-order valence-corrected chi connectivity index (χ1v) is 9.55. The van der Waals surface area contributed by atoms with Crippen LogP contribution in [0.5, 0.6) is 0 Å². The number of rotatable bonds is 7. The average molecular weight is 361 g/mol. The second-order valence-electron chi connectivity index (χ2n) is 6.06. The molecule has 2 aromatic carbocycles. The summed E-state index contributed by atoms with van der Waals surface area (Å²) in [6, 6.07) is 12.8. The van der Waals surface area contributed by atoms with Crippen molar-refractivity contribution in [3.05, 3.63) is 65.2 Å². The van der Waals surface area contributed by atoms with Gasteiger partial charge in [0.25, 0.3) is 0 Å². The molecule has 0 saturated carbocycles. The lowest BCUT2D eigenvalue weighted by atomic mass is 10.0. The molecule has 1 unspecified atom stereocenters. The Hall–Kier alpha value is -2.18. The van der Waals surface area contributed by atoms with Crippen LogP contribution in [0.15, 0.2) is 53.4 Å². The van der Waals surface area contributed by atoms with E-state index in [0.29, 0.717) is 0 Å². The smallest absolute Gasteiger partial charge is 0.322 e. The number of hydrogen-bond donors (Lipinski definition) is 1. The van der Waals surface area contributed by atoms with Gasteiger partial charge in [0, 0.05) is 7.05 Å². The summed E-state index contributed by atoms with van der Waals surface area (Å²) in [6.07, 6.45) is 1.01. The van der Waals surface area contributed by atoms with Gasteiger partial charge >= 0.3 is 5.97 Å². The Bertz CT molecular complexity index is 827. The molecule has 0 radical (unpaired) electrons. The molecular weight excluding hydrogens is 338 g/mol. The summed E-state index contributed by atoms with van der Waals surface area (Å²) in [5, 5.41) is 9.55. The summed E-state index contributed by atoms with van der Waals surface area (Å²) in [4.78, 5) is 11.8. The number of nitrogens with zero attached hydrogens (tertiary/aromatic N) is 1. The van der Waals surface area contributed by atoms with Gasteiger partial charge in [0.05, 0.1) is 4.90 Å². The number of likely N-dealkylation sites (N-methyl/N-ethyl adjacent to an activating group) is 1. The zero-order chi connectivity index (χ0) is 18.6. The van der Waals surface area contributed by atoms with Gasteiger partial charge in [-0.1, -0.05) is 48.9 Å². The Morgan fingerprint density at radius 1 is 1.04 bits per heavy atom. The Balaban J connectivity index is 2.28. The quantitative estimate of drug-likeness (QED) is 0.823. The second kappa shape index (κ2) is 7.80. The predicted molar refractivity (Wildman–Crippen MR) is 97.1 cm³/mol. The molecule has 25 heavy (non-hydrogen) atoms. The topological polar surface area (TPSA) is 74.7 Å². The number of aliphatic carboxylic acids is 1. The first-order valence-electron chi connectivity index (χ1n) is 8.11. The molecular formula is C19H23NO4S. The third-order valence-corrected chi connectivity index (χ3v) is 6.16. The molecule has 0 bridgehead atoms. The minimum absolute atomic E-state index is 0.0909. The van der Waals surface area contributed by atoms with Crippen LogP contribution in [0.3, 0.4) is 0 Å². The van der Waals surface area contributed by atoms with Crippen molar-refractivity contribution in [1.29, 1.82) is 0 Å². The van der Waals surface area contributed by atoms with Crippen LogP contribution in [-0.4, -0.2) is 36.9 Å². The van der Waals surface area contributed by atoms with Crippen molar-refractivity contribution >= 4 is 16.0 Å². The lowest BCUT2D eigenvalue weighted by Gasteiger charge is -2.24. The van der Waals surface area contributed by atoms with Crippen molar-refractivity contribution in [3.8, 4) is 0 Å². The molecule has 2 aromatic rings. The van der Waals surface area contributed by atoms with E-state index in [1.54, 1.807) is 12.1 Å². The standard InChI is InChI=1S/C19H23NO4S/c1-4-15-7-9-16(10-8-15)13-18(19(21)22)20(3)25(23,24)17-11-5-14(2)6-12-17/h5-12,18H,4,13H2,1-3H3,(H,21,22). The van der Waals surface area contributed by atoms with Crippen LogP contribution in [0.1, 0.15) is 23.6 Å². The van der Waals surface area contributed by atoms with Crippen LogP contribution in [0.2, 0.25) is 0 Å². The fourth-order valence-corrected chi connectivity index (χ4v) is 3.86. The normalized spacial score (nSPS) is 13.0. The van der Waals surface area contributed by atoms with Gasteiger partial charge in [0.2, 0.25) is 10.0 Å². The van der Waals surface area contributed by atoms with Gasteiger partial charge < -0.3 is 5.11 Å². The van der Waals surface area contributed by atoms with E-state index < -0.39 is 22.0 Å². The molecule has 1 atom stereocenters. The van der Waals surface area contributed by atoms with Gasteiger partial charge in [-0.25, -0.2) is 8.42 Å². The van der Waals surface area contributed by atoms with Crippen LogP contribution in [-0.2, 0) is 27.7 Å². The molecule has 1 N–H and O–H groups in total. The van der Waals surface area contributed by atoms with E-state index in [-0.39, 0.29) is 11.3 Å². The van der Waals surface area contributed by atoms with Crippen molar-refractivity contribution in [2.45, 2.75) is 37.6 Å². The van der Waals surface area contributed by atoms with Crippen molar-refractivity contribution in [2.75, 3.05) is 7.05 Å². The Morgan fingerprint density at radius 2 is 1.56 bits per heavy atom. The van der Waals surface area contributed by atoms with Crippen LogP contribution in [0, 0.1) is 6.92 Å². The van der Waals surface area contributed by atoms with Crippen molar-refractivity contribution < 1.29 is 18.3 Å². The van der Waals surface area contributed by atoms with Crippen molar-refractivity contribution in [3.63, 3.8) is 0 Å². The molecule has 0 amide bonds. The summed E-state index contributed by atoms with van der Waals surface area (Å²) in [7, 11) is -2.57. The first-order chi connectivity index (χ1) is 11.8. The highest BCUT2D eigenvalue weighted by molar-refractivity contribution is 7.89. The maximum Gasteiger partial charge on any atom is 0.322 e.